The van der Waals surface area contributed by atoms with Gasteiger partial charge in [-0.3, -0.25) is 0 Å². The van der Waals surface area contributed by atoms with Gasteiger partial charge in [0.25, 0.3) is 0 Å². The zero-order valence-electron chi connectivity index (χ0n) is 35.5. The molecule has 0 spiro atoms. The van der Waals surface area contributed by atoms with E-state index in [0.717, 1.165) is 34.9 Å². The summed E-state index contributed by atoms with van der Waals surface area (Å²) in [7, 11) is 3.97. The number of unbranched alkanes of at least 4 members (excludes halogenated alkanes) is 10. The normalized spacial score (nSPS) is 25.0. The molecular formula is C49H69FNO2SSi+. The Labute approximate surface area is 338 Å². The molecule has 3 aromatic carbocycles. The lowest BCUT2D eigenvalue weighted by atomic mass is 9.70. The van der Waals surface area contributed by atoms with Crippen molar-refractivity contribution < 1.29 is 18.6 Å². The second kappa shape index (κ2) is 16.5. The monoisotopic (exact) mass is 782 g/mol. The lowest BCUT2D eigenvalue weighted by molar-refractivity contribution is -1.07. The Kier molecular flexibility index (Phi) is 12.2. The van der Waals surface area contributed by atoms with Crippen molar-refractivity contribution in [1.82, 2.24) is 0 Å². The molecule has 3 nitrogen and oxygen atoms in total. The van der Waals surface area contributed by atoms with Crippen molar-refractivity contribution in [2.75, 3.05) is 21.2 Å². The number of benzene rings is 3. The highest BCUT2D eigenvalue weighted by Crippen LogP contribution is 2.60. The van der Waals surface area contributed by atoms with Crippen molar-refractivity contribution in [3.63, 3.8) is 0 Å². The maximum absolute atomic E-state index is 16.3. The molecule has 0 bridgehead atoms. The maximum Gasteiger partial charge on any atom is 0.197 e. The molecule has 7 rings (SSSR count). The molecule has 2 aliphatic carbocycles. The van der Waals surface area contributed by atoms with Crippen LogP contribution in [0.1, 0.15) is 127 Å². The summed E-state index contributed by atoms with van der Waals surface area (Å²) in [6, 6.07) is 18.1. The SMILES string of the molecule is CCCCCCCCC1(CCCCCCCC)c2cc(C)ccc2-c2ccc(-c3cc(F)cc4c3O[N+](C)(C)C3C(OC)C5C=C(C)SC5[C@@H]3[Si]4(C)C)cc21. The van der Waals surface area contributed by atoms with E-state index in [9.17, 15) is 0 Å². The van der Waals surface area contributed by atoms with Crippen molar-refractivity contribution in [2.24, 2.45) is 5.92 Å². The number of aryl methyl sites for hydroxylation is 1. The fourth-order valence-corrected chi connectivity index (χ4v) is 18.2. The number of ether oxygens (including phenoxy) is 1. The van der Waals surface area contributed by atoms with Crippen LogP contribution in [-0.4, -0.2) is 51.3 Å². The zero-order chi connectivity index (χ0) is 39.1. The number of hydrogen-bond donors (Lipinski definition) is 0. The number of methoxy groups -OCH3 is 1. The highest BCUT2D eigenvalue weighted by atomic mass is 32.2. The van der Waals surface area contributed by atoms with Gasteiger partial charge in [-0.1, -0.05) is 146 Å². The first kappa shape index (κ1) is 40.8. The average molecular weight is 783 g/mol. The predicted molar refractivity (Wildman–Crippen MR) is 236 cm³/mol. The summed E-state index contributed by atoms with van der Waals surface area (Å²) in [4.78, 5) is 8.71. The van der Waals surface area contributed by atoms with Gasteiger partial charge in [0.2, 0.25) is 0 Å². The summed E-state index contributed by atoms with van der Waals surface area (Å²) in [5.41, 5.74) is 9.40. The van der Waals surface area contributed by atoms with E-state index in [-0.39, 0.29) is 23.4 Å². The lowest BCUT2D eigenvalue weighted by Gasteiger charge is -2.40. The van der Waals surface area contributed by atoms with Gasteiger partial charge in [-0.25, -0.2) is 4.39 Å². The molecule has 6 heteroatoms. The number of quaternary nitrogens is 1. The van der Waals surface area contributed by atoms with E-state index in [1.54, 1.807) is 6.07 Å². The third kappa shape index (κ3) is 7.45. The second-order valence-corrected chi connectivity index (χ2v) is 24.7. The number of nitrogens with zero attached hydrogens (tertiary/aromatic N) is 1. The number of fused-ring (bicyclic) bond motifs is 7. The predicted octanol–water partition coefficient (Wildman–Crippen LogP) is 13.3. The summed E-state index contributed by atoms with van der Waals surface area (Å²) in [5.74, 6) is 1.08. The Morgan fingerprint density at radius 1 is 0.782 bits per heavy atom. The summed E-state index contributed by atoms with van der Waals surface area (Å²) < 4.78 is 23.1. The van der Waals surface area contributed by atoms with Gasteiger partial charge in [-0.2, -0.15) is 0 Å². The lowest BCUT2D eigenvalue weighted by Crippen LogP contribution is -2.59. The molecule has 4 aliphatic rings. The first-order valence-electron chi connectivity index (χ1n) is 21.9. The van der Waals surface area contributed by atoms with E-state index >= 15 is 4.39 Å². The average Bonchev–Trinajstić information content (AvgIpc) is 3.75. The van der Waals surface area contributed by atoms with Crippen LogP contribution in [0.5, 0.6) is 5.75 Å². The van der Waals surface area contributed by atoms with Crippen molar-refractivity contribution in [3.8, 4) is 28.0 Å². The third-order valence-corrected chi connectivity index (χ3v) is 20.0. The molecule has 55 heavy (non-hydrogen) atoms. The minimum Gasteiger partial charge on any atom is -0.374 e. The zero-order valence-corrected chi connectivity index (χ0v) is 37.3. The molecule has 5 atom stereocenters. The molecule has 2 heterocycles. The van der Waals surface area contributed by atoms with Crippen molar-refractivity contribution in [2.45, 2.75) is 159 Å². The molecule has 0 amide bonds. The van der Waals surface area contributed by atoms with Crippen LogP contribution < -0.4 is 10.0 Å². The van der Waals surface area contributed by atoms with Crippen LogP contribution in [0.3, 0.4) is 0 Å². The molecule has 4 unspecified atom stereocenters. The summed E-state index contributed by atoms with van der Waals surface area (Å²) in [5, 5.41) is 1.54. The Morgan fingerprint density at radius 2 is 1.38 bits per heavy atom. The van der Waals surface area contributed by atoms with Crippen LogP contribution in [0.4, 0.5) is 4.39 Å². The highest BCUT2D eigenvalue weighted by Gasteiger charge is 2.66. The molecule has 0 saturated heterocycles. The van der Waals surface area contributed by atoms with E-state index in [1.165, 1.54) is 110 Å². The van der Waals surface area contributed by atoms with Gasteiger partial charge in [0.1, 0.15) is 26.0 Å². The second-order valence-electron chi connectivity index (χ2n) is 18.7. The maximum atomic E-state index is 16.3. The van der Waals surface area contributed by atoms with Gasteiger partial charge < -0.3 is 9.57 Å². The van der Waals surface area contributed by atoms with Crippen molar-refractivity contribution >= 4 is 25.0 Å². The quantitative estimate of drug-likeness (QED) is 0.0819. The molecule has 0 N–H and O–H groups in total. The van der Waals surface area contributed by atoms with E-state index in [4.69, 9.17) is 9.57 Å². The van der Waals surface area contributed by atoms with Crippen molar-refractivity contribution in [1.29, 1.82) is 0 Å². The smallest absolute Gasteiger partial charge is 0.197 e. The molecule has 1 saturated carbocycles. The highest BCUT2D eigenvalue weighted by molar-refractivity contribution is 8.04. The Hall–Kier alpha value is -2.38. The number of hydroxylamine groups is 3. The van der Waals surface area contributed by atoms with Crippen LogP contribution >= 0.6 is 11.8 Å². The number of likely N-dealkylation sites (N-methyl/N-ethyl adjacent to an activating group) is 1. The van der Waals surface area contributed by atoms with Crippen LogP contribution in [0, 0.1) is 18.7 Å². The number of halogens is 1. The molecule has 0 aromatic heterocycles. The molecular weight excluding hydrogens is 714 g/mol. The van der Waals surface area contributed by atoms with Crippen LogP contribution in [0.2, 0.25) is 18.6 Å². The third-order valence-electron chi connectivity index (χ3n) is 14.2. The topological polar surface area (TPSA) is 18.5 Å². The summed E-state index contributed by atoms with van der Waals surface area (Å²) in [6.07, 6.45) is 20.4. The Bertz CT molecular complexity index is 1870. The minimum atomic E-state index is -2.33. The van der Waals surface area contributed by atoms with Crippen molar-refractivity contribution in [3.05, 3.63) is 82.0 Å². The van der Waals surface area contributed by atoms with Gasteiger partial charge in [0.15, 0.2) is 11.8 Å². The summed E-state index contributed by atoms with van der Waals surface area (Å²) >= 11 is 2.02. The minimum absolute atomic E-state index is 0.0427. The van der Waals surface area contributed by atoms with Gasteiger partial charge in [-0.15, -0.1) is 16.4 Å². The first-order valence-corrected chi connectivity index (χ1v) is 25.8. The van der Waals surface area contributed by atoms with Gasteiger partial charge >= 0.3 is 0 Å². The van der Waals surface area contributed by atoms with Gasteiger partial charge in [-0.05, 0) is 82.8 Å². The van der Waals surface area contributed by atoms with E-state index < -0.39 is 8.07 Å². The van der Waals surface area contributed by atoms with Crippen LogP contribution in [-0.2, 0) is 10.2 Å². The molecule has 1 fully saturated rings. The fourth-order valence-electron chi connectivity index (χ4n) is 11.5. The number of hydrogen-bond acceptors (Lipinski definition) is 3. The van der Waals surface area contributed by atoms with Crippen LogP contribution in [0.15, 0.2) is 59.5 Å². The largest absolute Gasteiger partial charge is 0.374 e. The number of rotatable bonds is 16. The van der Waals surface area contributed by atoms with Gasteiger partial charge in [0, 0.05) is 34.8 Å². The fraction of sp³-hybridized carbons (Fsp3) is 0.592. The van der Waals surface area contributed by atoms with E-state index in [1.807, 2.05) is 24.9 Å². The van der Waals surface area contributed by atoms with E-state index in [2.05, 4.69) is 97.4 Å². The Morgan fingerprint density at radius 3 is 2.02 bits per heavy atom. The van der Waals surface area contributed by atoms with E-state index in [0.29, 0.717) is 21.4 Å². The summed E-state index contributed by atoms with van der Waals surface area (Å²) in [6.45, 7) is 14.0. The molecule has 298 valence electrons. The number of thioether (sulfide) groups is 1. The molecule has 0 radical (unpaired) electrons. The standard InChI is InChI=1S/C49H69FNO2SSi/c1-10-12-14-16-18-20-26-49(27-21-19-17-15-13-11-2)41-28-33(3)22-24-37(41)38-25-23-35(30-42(38)49)39-31-36(50)32-43-45(39)53-51(5,6)44-46(52-7)40-29-34(4)54-47(40)48(44)55(43,8)9/h22-25,28-32,40,44,46-48H,10-21,26-27H2,1-9H3/q+1/t40?,44?,46?,47?,48-/m1/s1. The Balaban J connectivity index is 1.34. The molecule has 3 aromatic rings. The van der Waals surface area contributed by atoms with Crippen LogP contribution in [0.25, 0.3) is 22.3 Å². The van der Waals surface area contributed by atoms with Gasteiger partial charge in [0.05, 0.1) is 8.07 Å². The molecule has 2 aliphatic heterocycles. The number of allylic oxidation sites excluding steroid dienone is 1. The first-order chi connectivity index (χ1) is 26.4.